The van der Waals surface area contributed by atoms with E-state index in [4.69, 9.17) is 34.1 Å². The van der Waals surface area contributed by atoms with Crippen LogP contribution in [0.5, 0.6) is 23.1 Å². The van der Waals surface area contributed by atoms with Crippen LogP contribution in [0.15, 0.2) is 321 Å². The minimum Gasteiger partial charge on any atom is -0.497 e. The number of allylic oxidation sites excluding steroid dienone is 1. The van der Waals surface area contributed by atoms with Crippen LogP contribution in [0.4, 0.5) is 8.63 Å². The third kappa shape index (κ3) is 15.1. The van der Waals surface area contributed by atoms with Crippen molar-refractivity contribution in [1.82, 2.24) is 34.4 Å². The number of aromatic nitrogens is 7. The highest BCUT2D eigenvalue weighted by atomic mass is 32.1. The lowest BCUT2D eigenvalue weighted by Crippen LogP contribution is -2.51. The highest BCUT2D eigenvalue weighted by molar-refractivity contribution is 7.31. The summed E-state index contributed by atoms with van der Waals surface area (Å²) in [4.78, 5) is 30.2. The molecule has 24 rings (SSSR count). The number of aryl methyl sites for hydroxylation is 6. The zero-order chi connectivity index (χ0) is 91.7. The first kappa shape index (κ1) is 83.3. The standard InChI is InChI=1S/C118H83BF2N8O3S4/c1-68-8-20-74(21-9-68)110-86-44-46-88(122-86)111(75-22-10-69(2)11-23-75)90-48-50-92(124-90)113(93-51-49-91(125-93)112(89-47-45-87(110)123-89)76-24-12-70(3)13-25-76)77-34-40-84(41-35-77)131-108-66-56-98-118(82-32-38-83(130-7)39-33-82)99-57-67-109(129(99)119(120,121)128(98)108)132-85-42-36-81(37-43-85)117-97-55-54-96(127-97)116(80-30-18-73(6)19-31-80)106-63-59-101(134-106)100-58-62-104(133-100)114(78-26-14-71(4)15-27-78)94-52-53-95(126-94)115(79-28-16-72(5)17-29-79)105-64-60-102(135-105)103-61-65-107(117)136-103/h8-67,122,125H,1-7H3. The van der Waals surface area contributed by atoms with E-state index in [9.17, 15) is 0 Å². The molecule has 15 heterocycles. The summed E-state index contributed by atoms with van der Waals surface area (Å²) in [6.07, 6.45) is 20.3. The summed E-state index contributed by atoms with van der Waals surface area (Å²) in [5.41, 5.74) is 34.3. The summed E-state index contributed by atoms with van der Waals surface area (Å²) < 4.78 is 67.9. The molecule has 6 aliphatic heterocycles. The molecule has 18 aromatic rings. The Hall–Kier alpha value is -15.8. The summed E-state index contributed by atoms with van der Waals surface area (Å²) in [5, 5.41) is 0. The van der Waals surface area contributed by atoms with Crippen LogP contribution < -0.4 is 14.2 Å². The highest BCUT2D eigenvalue weighted by Crippen LogP contribution is 2.49. The molecule has 20 bridgehead atoms. The zero-order valence-electron chi connectivity index (χ0n) is 75.0. The molecule has 2 N–H and O–H groups in total. The number of ether oxygens (including phenoxy) is 3. The van der Waals surface area contributed by atoms with Gasteiger partial charge in [0.25, 0.3) is 0 Å². The van der Waals surface area contributed by atoms with E-state index in [-0.39, 0.29) is 23.2 Å². The number of methoxy groups -OCH3 is 1. The van der Waals surface area contributed by atoms with Crippen molar-refractivity contribution in [2.75, 3.05) is 7.11 Å². The van der Waals surface area contributed by atoms with Crippen molar-refractivity contribution in [2.45, 2.75) is 41.5 Å². The van der Waals surface area contributed by atoms with Crippen LogP contribution in [0.2, 0.25) is 0 Å². The van der Waals surface area contributed by atoms with Gasteiger partial charge < -0.3 is 37.3 Å². The molecule has 0 aliphatic carbocycles. The number of halogens is 2. The van der Waals surface area contributed by atoms with Crippen molar-refractivity contribution < 1.29 is 27.3 Å². The van der Waals surface area contributed by atoms with E-state index in [0.29, 0.717) is 34.1 Å². The summed E-state index contributed by atoms with van der Waals surface area (Å²) in [5.74, 6) is 1.16. The summed E-state index contributed by atoms with van der Waals surface area (Å²) in [6.45, 7) is 7.89. The molecule has 6 aliphatic rings. The number of nitrogens with zero attached hydrogens (tertiary/aromatic N) is 6. The molecule has 0 saturated heterocycles. The number of aromatic amines is 2. The average molecular weight is 1840 g/mol. The van der Waals surface area contributed by atoms with Crippen LogP contribution in [-0.2, 0) is 0 Å². The van der Waals surface area contributed by atoms with Crippen molar-refractivity contribution in [1.29, 1.82) is 0 Å². The molecule has 0 fully saturated rings. The number of benzene rings is 9. The first-order valence-corrected chi connectivity index (χ1v) is 48.5. The topological polar surface area (TPSA) is 119 Å². The molecule has 0 unspecified atom stereocenters. The lowest BCUT2D eigenvalue weighted by atomic mass is 9.86. The number of H-pyrrole nitrogens is 2. The van der Waals surface area contributed by atoms with Crippen molar-refractivity contribution in [3.8, 4) is 112 Å². The minimum atomic E-state index is -4.77. The monoisotopic (exact) mass is 1840 g/mol. The van der Waals surface area contributed by atoms with Gasteiger partial charge in [0.05, 0.1) is 64.3 Å². The van der Waals surface area contributed by atoms with E-state index in [1.165, 1.54) is 11.1 Å². The van der Waals surface area contributed by atoms with E-state index >= 15 is 8.63 Å². The van der Waals surface area contributed by atoms with Gasteiger partial charge in [-0.15, -0.1) is 45.3 Å². The van der Waals surface area contributed by atoms with Crippen LogP contribution in [0.1, 0.15) is 90.2 Å². The van der Waals surface area contributed by atoms with Gasteiger partial charge in [-0.2, -0.15) is 0 Å². The molecule has 0 saturated carbocycles. The molecule has 0 atom stereocenters. The Morgan fingerprint density at radius 3 is 0.824 bits per heavy atom. The number of thiophene rings is 4. The predicted octanol–water partition coefficient (Wildman–Crippen LogP) is 32.5. The van der Waals surface area contributed by atoms with Gasteiger partial charge in [-0.3, -0.25) is 4.49 Å². The van der Waals surface area contributed by atoms with Crippen LogP contribution >= 0.6 is 45.3 Å². The van der Waals surface area contributed by atoms with Gasteiger partial charge in [-0.1, -0.05) is 215 Å². The van der Waals surface area contributed by atoms with Gasteiger partial charge in [0.1, 0.15) is 17.2 Å². The molecule has 11 nitrogen and oxygen atoms in total. The van der Waals surface area contributed by atoms with E-state index < -0.39 is 6.97 Å². The van der Waals surface area contributed by atoms with Gasteiger partial charge in [-0.25, -0.2) is 19.9 Å². The van der Waals surface area contributed by atoms with Crippen molar-refractivity contribution in [3.63, 3.8) is 0 Å². The number of hydrogen-bond donors (Lipinski definition) is 2. The molecule has 18 heteroatoms. The molecule has 0 amide bonds. The molecule has 9 aromatic heterocycles. The Balaban J connectivity index is 0.620. The van der Waals surface area contributed by atoms with Gasteiger partial charge in [0.2, 0.25) is 0 Å². The minimum absolute atomic E-state index is 0.0668. The number of fused-ring (bicyclic) bond motifs is 24. The van der Waals surface area contributed by atoms with Crippen molar-refractivity contribution in [3.05, 3.63) is 411 Å². The fourth-order valence-corrected chi connectivity index (χ4v) is 23.6. The fraction of sp³-hybridized carbons (Fsp3) is 0.0593. The van der Waals surface area contributed by atoms with Crippen LogP contribution in [0.3, 0.4) is 0 Å². The van der Waals surface area contributed by atoms with Gasteiger partial charge in [0, 0.05) is 116 Å². The predicted molar refractivity (Wildman–Crippen MR) is 567 cm³/mol. The van der Waals surface area contributed by atoms with E-state index in [0.717, 1.165) is 220 Å². The SMILES string of the molecule is COc1ccc(C2=C3C=CC(Oc4ccc(-c5c6nc(c(-c7ccc(C)cc7)c7ccc(s7)c7ccc(s7)c(-c7ccc(C)cc7)c7nc(c(-c8ccc(C)cc8)c8ccc(s8)c8ccc5s8)C=C7)C=C6)cc4)=[N+]3[B-](F)(F)n3c(Oc4ccc(-c5c6nc(c(-c7ccc(C)cc7)c7ccc([nH]7)c(-c7ccc(C)cc7)c7nc(c(-c8ccc(C)cc8)c8ccc5[nH]8)C=C7)C=C6)cc4)ccc32)cc1. The van der Waals surface area contributed by atoms with Crippen LogP contribution in [-0.4, -0.2) is 58.8 Å². The quantitative estimate of drug-likeness (QED) is 0.110. The average Bonchev–Trinajstić information content (AvgIpc) is 1.55. The number of hydrogen-bond acceptors (Lipinski definition) is 11. The largest absolute Gasteiger partial charge is 0.742 e. The zero-order valence-corrected chi connectivity index (χ0v) is 78.3. The molecule has 136 heavy (non-hydrogen) atoms. The molecule has 9 aromatic carbocycles. The third-order valence-electron chi connectivity index (χ3n) is 26.0. The number of rotatable bonds is 13. The Bertz CT molecular complexity index is 8680. The Morgan fingerprint density at radius 1 is 0.265 bits per heavy atom. The number of nitrogens with one attached hydrogen (secondary N) is 2. The highest BCUT2D eigenvalue weighted by Gasteiger charge is 2.56. The third-order valence-corrected chi connectivity index (χ3v) is 30.8. The van der Waals surface area contributed by atoms with E-state index in [1.54, 1.807) is 76.7 Å². The van der Waals surface area contributed by atoms with Crippen molar-refractivity contribution >= 4 is 172 Å². The maximum atomic E-state index is 18.9. The second-order valence-electron chi connectivity index (χ2n) is 35.1. The first-order valence-electron chi connectivity index (χ1n) is 45.3. The maximum absolute atomic E-state index is 18.9. The van der Waals surface area contributed by atoms with Crippen LogP contribution in [0, 0.1) is 41.5 Å². The van der Waals surface area contributed by atoms with Gasteiger partial charge >= 0.3 is 12.9 Å². The van der Waals surface area contributed by atoms with E-state index in [1.807, 2.05) is 72.8 Å². The molecular weight excluding hydrogens is 1750 g/mol. The first-order chi connectivity index (χ1) is 66.4. The molecule has 654 valence electrons. The van der Waals surface area contributed by atoms with Gasteiger partial charge in [-0.05, 0) is 262 Å². The Morgan fingerprint density at radius 2 is 0.522 bits per heavy atom. The lowest BCUT2D eigenvalue weighted by molar-refractivity contribution is -0.370. The molecule has 0 spiro atoms. The lowest BCUT2D eigenvalue weighted by Gasteiger charge is -2.32. The second-order valence-corrected chi connectivity index (χ2v) is 39.4. The maximum Gasteiger partial charge on any atom is 0.742 e. The van der Waals surface area contributed by atoms with Crippen LogP contribution in [0.25, 0.3) is 203 Å². The normalized spacial score (nSPS) is 13.3. The van der Waals surface area contributed by atoms with E-state index in [2.05, 4.69) is 319 Å². The smallest absolute Gasteiger partial charge is 0.497 e. The summed E-state index contributed by atoms with van der Waals surface area (Å²) in [7, 11) is 1.61. The fourth-order valence-electron chi connectivity index (χ4n) is 19.1. The summed E-state index contributed by atoms with van der Waals surface area (Å²) in [6, 6.07) is 104. The molecule has 0 radical (unpaired) electrons. The second kappa shape index (κ2) is 33.7. The summed E-state index contributed by atoms with van der Waals surface area (Å²) >= 11 is 6.99. The molecular formula is C118H83BF2N8O3S4. The van der Waals surface area contributed by atoms with Crippen molar-refractivity contribution in [2.24, 2.45) is 0 Å². The Labute approximate surface area is 799 Å². The van der Waals surface area contributed by atoms with Gasteiger partial charge in [0.15, 0.2) is 11.6 Å². The Kier molecular flexibility index (Phi) is 20.6.